The number of thioether (sulfide) groups is 1. The Hall–Kier alpha value is -0.510. The Morgan fingerprint density at radius 3 is 2.94 bits per heavy atom. The van der Waals surface area contributed by atoms with Gasteiger partial charge in [0.05, 0.1) is 6.61 Å². The zero-order chi connectivity index (χ0) is 12.3. The summed E-state index contributed by atoms with van der Waals surface area (Å²) >= 11 is 1.95. The highest BCUT2D eigenvalue weighted by Gasteiger charge is 2.37. The molecule has 0 heterocycles. The third-order valence-electron chi connectivity index (χ3n) is 3.69. The van der Waals surface area contributed by atoms with Crippen LogP contribution in [-0.4, -0.2) is 29.5 Å². The molecule has 2 N–H and O–H groups in total. The number of aliphatic hydroxyl groups excluding tert-OH is 1. The fraction of sp³-hybridized carbons (Fsp3) is 0.571. The molecule has 1 fully saturated rings. The van der Waals surface area contributed by atoms with Gasteiger partial charge in [0.1, 0.15) is 0 Å². The largest absolute Gasteiger partial charge is 0.394 e. The summed E-state index contributed by atoms with van der Waals surface area (Å²) in [5, 5.41) is 13.4. The Morgan fingerprint density at radius 1 is 1.53 bits per heavy atom. The highest BCUT2D eigenvalue weighted by Crippen LogP contribution is 2.39. The molecule has 1 saturated carbocycles. The van der Waals surface area contributed by atoms with Crippen molar-refractivity contribution in [3.63, 3.8) is 0 Å². The van der Waals surface area contributed by atoms with Gasteiger partial charge in [-0.2, -0.15) is 0 Å². The normalized spacial score (nSPS) is 28.5. The predicted molar refractivity (Wildman–Crippen MR) is 73.6 cm³/mol. The number of rotatable bonds is 4. The molecule has 2 nitrogen and oxygen atoms in total. The van der Waals surface area contributed by atoms with E-state index in [1.165, 1.54) is 16.9 Å². The van der Waals surface area contributed by atoms with Crippen LogP contribution in [0.2, 0.25) is 0 Å². The quantitative estimate of drug-likeness (QED) is 0.862. The summed E-state index contributed by atoms with van der Waals surface area (Å²) in [6, 6.07) is 8.66. The molecule has 0 aliphatic heterocycles. The average molecular weight is 251 g/mol. The minimum Gasteiger partial charge on any atom is -0.394 e. The molecule has 1 aliphatic carbocycles. The third-order valence-corrected chi connectivity index (χ3v) is 4.95. The Kier molecular flexibility index (Phi) is 4.13. The van der Waals surface area contributed by atoms with E-state index in [9.17, 15) is 5.11 Å². The molecule has 0 bridgehead atoms. The third kappa shape index (κ3) is 3.03. The second-order valence-electron chi connectivity index (χ2n) is 4.99. The lowest BCUT2D eigenvalue weighted by Crippen LogP contribution is -2.44. The van der Waals surface area contributed by atoms with Crippen LogP contribution in [0.3, 0.4) is 0 Å². The average Bonchev–Trinajstić information content (AvgIpc) is 2.73. The summed E-state index contributed by atoms with van der Waals surface area (Å²) in [5.41, 5.74) is 1.27. The first-order valence-corrected chi connectivity index (χ1v) is 7.08. The van der Waals surface area contributed by atoms with Crippen molar-refractivity contribution in [1.82, 2.24) is 5.32 Å². The summed E-state index contributed by atoms with van der Waals surface area (Å²) < 4.78 is 0. The lowest BCUT2D eigenvalue weighted by Gasteiger charge is -2.26. The van der Waals surface area contributed by atoms with Crippen molar-refractivity contribution in [2.45, 2.75) is 41.9 Å². The number of benzene rings is 1. The van der Waals surface area contributed by atoms with Crippen molar-refractivity contribution in [2.75, 3.05) is 13.7 Å². The van der Waals surface area contributed by atoms with Gasteiger partial charge >= 0.3 is 0 Å². The number of hydrogen-bond donors (Lipinski definition) is 2. The molecule has 0 spiro atoms. The SMILES string of the molecule is CNC1(CO)CCC(Sc2cccc(C)c2)C1. The lowest BCUT2D eigenvalue weighted by atomic mass is 10.00. The standard InChI is InChI=1S/C14H21NOS/c1-11-4-3-5-12(8-11)17-13-6-7-14(9-13,10-16)15-2/h3-5,8,13,15-16H,6-7,9-10H2,1-2H3. The van der Waals surface area contributed by atoms with Gasteiger partial charge in [0.15, 0.2) is 0 Å². The van der Waals surface area contributed by atoms with Crippen LogP contribution in [0.25, 0.3) is 0 Å². The van der Waals surface area contributed by atoms with Crippen LogP contribution in [0.1, 0.15) is 24.8 Å². The van der Waals surface area contributed by atoms with Crippen molar-refractivity contribution in [3.8, 4) is 0 Å². The molecule has 2 rings (SSSR count). The van der Waals surface area contributed by atoms with Crippen LogP contribution in [-0.2, 0) is 0 Å². The maximum Gasteiger partial charge on any atom is 0.0613 e. The monoisotopic (exact) mass is 251 g/mol. The van der Waals surface area contributed by atoms with Gasteiger partial charge in [0, 0.05) is 15.7 Å². The summed E-state index contributed by atoms with van der Waals surface area (Å²) in [6.45, 7) is 2.37. The van der Waals surface area contributed by atoms with E-state index in [1.54, 1.807) is 0 Å². The van der Waals surface area contributed by atoms with E-state index in [0.717, 1.165) is 12.8 Å². The van der Waals surface area contributed by atoms with E-state index in [-0.39, 0.29) is 12.1 Å². The maximum absolute atomic E-state index is 9.47. The van der Waals surface area contributed by atoms with Crippen LogP contribution >= 0.6 is 11.8 Å². The van der Waals surface area contributed by atoms with Gasteiger partial charge in [-0.3, -0.25) is 0 Å². The molecular formula is C14H21NOS. The van der Waals surface area contributed by atoms with Crippen molar-refractivity contribution < 1.29 is 5.11 Å². The highest BCUT2D eigenvalue weighted by atomic mass is 32.2. The molecule has 94 valence electrons. The summed E-state index contributed by atoms with van der Waals surface area (Å²) in [4.78, 5) is 1.35. The second kappa shape index (κ2) is 5.42. The first-order valence-electron chi connectivity index (χ1n) is 6.20. The van der Waals surface area contributed by atoms with E-state index in [2.05, 4.69) is 36.5 Å². The van der Waals surface area contributed by atoms with Gasteiger partial charge < -0.3 is 10.4 Å². The number of aliphatic hydroxyl groups is 1. The molecule has 2 atom stereocenters. The maximum atomic E-state index is 9.47. The minimum atomic E-state index is -0.0402. The fourth-order valence-corrected chi connectivity index (χ4v) is 3.94. The number of nitrogens with one attached hydrogen (secondary N) is 1. The molecular weight excluding hydrogens is 230 g/mol. The molecule has 1 aromatic rings. The Balaban J connectivity index is 1.98. The summed E-state index contributed by atoms with van der Waals surface area (Å²) in [7, 11) is 1.95. The van der Waals surface area contributed by atoms with Gasteiger partial charge in [-0.05, 0) is 45.4 Å². The van der Waals surface area contributed by atoms with E-state index in [1.807, 2.05) is 18.8 Å². The highest BCUT2D eigenvalue weighted by molar-refractivity contribution is 8.00. The summed E-state index contributed by atoms with van der Waals surface area (Å²) in [6.07, 6.45) is 3.31. The molecule has 3 heteroatoms. The van der Waals surface area contributed by atoms with Crippen LogP contribution in [0.4, 0.5) is 0 Å². The van der Waals surface area contributed by atoms with Crippen LogP contribution in [0.5, 0.6) is 0 Å². The Bertz CT molecular complexity index is 376. The first kappa shape index (κ1) is 12.9. The topological polar surface area (TPSA) is 32.3 Å². The fourth-order valence-electron chi connectivity index (χ4n) is 2.51. The molecule has 1 aromatic carbocycles. The molecule has 2 unspecified atom stereocenters. The molecule has 0 radical (unpaired) electrons. The van der Waals surface area contributed by atoms with Gasteiger partial charge in [-0.25, -0.2) is 0 Å². The first-order chi connectivity index (χ1) is 8.17. The Labute approximate surface area is 108 Å². The number of aryl methyl sites for hydroxylation is 1. The number of likely N-dealkylation sites (N-methyl/N-ethyl adjacent to an activating group) is 1. The van der Waals surface area contributed by atoms with E-state index >= 15 is 0 Å². The van der Waals surface area contributed by atoms with E-state index < -0.39 is 0 Å². The molecule has 0 amide bonds. The van der Waals surface area contributed by atoms with E-state index in [4.69, 9.17) is 0 Å². The number of hydrogen-bond acceptors (Lipinski definition) is 3. The van der Waals surface area contributed by atoms with Gasteiger partial charge in [0.25, 0.3) is 0 Å². The van der Waals surface area contributed by atoms with Crippen molar-refractivity contribution in [3.05, 3.63) is 29.8 Å². The van der Waals surface area contributed by atoms with E-state index in [0.29, 0.717) is 5.25 Å². The van der Waals surface area contributed by atoms with Crippen molar-refractivity contribution >= 4 is 11.8 Å². The smallest absolute Gasteiger partial charge is 0.0613 e. The van der Waals surface area contributed by atoms with Gasteiger partial charge in [0.2, 0.25) is 0 Å². The molecule has 0 aromatic heterocycles. The molecule has 17 heavy (non-hydrogen) atoms. The minimum absolute atomic E-state index is 0.0402. The molecule has 1 aliphatic rings. The van der Waals surface area contributed by atoms with Crippen molar-refractivity contribution in [2.24, 2.45) is 0 Å². The van der Waals surface area contributed by atoms with Crippen LogP contribution in [0, 0.1) is 6.92 Å². The zero-order valence-corrected chi connectivity index (χ0v) is 11.4. The van der Waals surface area contributed by atoms with Crippen LogP contribution in [0.15, 0.2) is 29.2 Å². The summed E-state index contributed by atoms with van der Waals surface area (Å²) in [5.74, 6) is 0. The van der Waals surface area contributed by atoms with Gasteiger partial charge in [-0.15, -0.1) is 11.8 Å². The van der Waals surface area contributed by atoms with Crippen LogP contribution < -0.4 is 5.32 Å². The second-order valence-corrected chi connectivity index (χ2v) is 6.36. The predicted octanol–water partition coefficient (Wildman–Crippen LogP) is 2.59. The van der Waals surface area contributed by atoms with Gasteiger partial charge in [-0.1, -0.05) is 17.7 Å². The Morgan fingerprint density at radius 2 is 2.35 bits per heavy atom. The zero-order valence-electron chi connectivity index (χ0n) is 10.6. The van der Waals surface area contributed by atoms with Crippen molar-refractivity contribution in [1.29, 1.82) is 0 Å². The lowest BCUT2D eigenvalue weighted by molar-refractivity contribution is 0.173. The molecule has 0 saturated heterocycles.